The Morgan fingerprint density at radius 3 is 2.00 bits per heavy atom. The second-order valence-electron chi connectivity index (χ2n) is 4.57. The molecular formula is C17H15N3OS. The van der Waals surface area contributed by atoms with Gasteiger partial charge in [0.1, 0.15) is 11.4 Å². The lowest BCUT2D eigenvalue weighted by atomic mass is 10.0. The standard InChI is InChI=1S/C17H15N3OS/c1-21-12-22-17-18-15(13-8-4-2-5-9-13)16(19-20-17)14-10-6-3-7-11-14/h2-11H,12H2,1H3. The summed E-state index contributed by atoms with van der Waals surface area (Å²) in [4.78, 5) is 4.67. The summed E-state index contributed by atoms with van der Waals surface area (Å²) in [5.74, 6) is 0.501. The average molecular weight is 309 g/mol. The summed E-state index contributed by atoms with van der Waals surface area (Å²) in [5.41, 5.74) is 3.65. The number of methoxy groups -OCH3 is 1. The molecule has 2 aromatic carbocycles. The molecule has 110 valence electrons. The highest BCUT2D eigenvalue weighted by atomic mass is 32.2. The van der Waals surface area contributed by atoms with E-state index < -0.39 is 0 Å². The van der Waals surface area contributed by atoms with E-state index in [0.717, 1.165) is 22.5 Å². The van der Waals surface area contributed by atoms with Crippen molar-refractivity contribution in [2.75, 3.05) is 13.0 Å². The Hall–Kier alpha value is -2.24. The van der Waals surface area contributed by atoms with Gasteiger partial charge in [0.05, 0.1) is 5.94 Å². The van der Waals surface area contributed by atoms with Gasteiger partial charge in [-0.3, -0.25) is 0 Å². The first kappa shape index (κ1) is 14.7. The molecule has 3 rings (SSSR count). The fraction of sp³-hybridized carbons (Fsp3) is 0.118. The lowest BCUT2D eigenvalue weighted by molar-refractivity contribution is 0.258. The van der Waals surface area contributed by atoms with E-state index in [9.17, 15) is 0 Å². The molecule has 0 atom stereocenters. The first-order chi connectivity index (χ1) is 10.9. The highest BCUT2D eigenvalue weighted by Gasteiger charge is 2.13. The molecule has 0 saturated heterocycles. The van der Waals surface area contributed by atoms with Gasteiger partial charge in [-0.1, -0.05) is 72.4 Å². The Kier molecular flexibility index (Phi) is 4.78. The number of benzene rings is 2. The minimum atomic E-state index is 0.501. The van der Waals surface area contributed by atoms with E-state index >= 15 is 0 Å². The van der Waals surface area contributed by atoms with Crippen LogP contribution in [-0.2, 0) is 4.74 Å². The third kappa shape index (κ3) is 3.32. The summed E-state index contributed by atoms with van der Waals surface area (Å²) in [6.07, 6.45) is 0. The van der Waals surface area contributed by atoms with Crippen LogP contribution in [0.15, 0.2) is 65.8 Å². The molecule has 5 heteroatoms. The Morgan fingerprint density at radius 2 is 1.41 bits per heavy atom. The summed E-state index contributed by atoms with van der Waals surface area (Å²) >= 11 is 1.43. The van der Waals surface area contributed by atoms with Crippen molar-refractivity contribution in [2.45, 2.75) is 5.16 Å². The van der Waals surface area contributed by atoms with Crippen molar-refractivity contribution in [3.8, 4) is 22.5 Å². The molecule has 4 nitrogen and oxygen atoms in total. The molecule has 1 aromatic heterocycles. The van der Waals surface area contributed by atoms with E-state index in [1.54, 1.807) is 7.11 Å². The van der Waals surface area contributed by atoms with Gasteiger partial charge in [0.15, 0.2) is 0 Å². The van der Waals surface area contributed by atoms with Crippen LogP contribution >= 0.6 is 11.8 Å². The molecule has 0 aliphatic heterocycles. The Labute approximate surface area is 133 Å². The third-order valence-electron chi connectivity index (χ3n) is 3.07. The summed E-state index contributed by atoms with van der Waals surface area (Å²) in [6, 6.07) is 20.0. The predicted molar refractivity (Wildman–Crippen MR) is 88.4 cm³/mol. The number of thioether (sulfide) groups is 1. The fourth-order valence-electron chi connectivity index (χ4n) is 2.07. The quantitative estimate of drug-likeness (QED) is 0.528. The Balaban J connectivity index is 2.09. The van der Waals surface area contributed by atoms with Gasteiger partial charge in [-0.05, 0) is 0 Å². The van der Waals surface area contributed by atoms with Gasteiger partial charge in [0.25, 0.3) is 0 Å². The van der Waals surface area contributed by atoms with Crippen molar-refractivity contribution in [3.05, 3.63) is 60.7 Å². The number of ether oxygens (including phenoxy) is 1. The maximum Gasteiger partial charge on any atom is 0.211 e. The normalized spacial score (nSPS) is 10.6. The van der Waals surface area contributed by atoms with E-state index in [-0.39, 0.29) is 0 Å². The van der Waals surface area contributed by atoms with Gasteiger partial charge in [-0.25, -0.2) is 4.98 Å². The molecule has 22 heavy (non-hydrogen) atoms. The zero-order valence-corrected chi connectivity index (χ0v) is 13.0. The number of nitrogens with zero attached hydrogens (tertiary/aromatic N) is 3. The van der Waals surface area contributed by atoms with Crippen LogP contribution in [-0.4, -0.2) is 28.2 Å². The number of rotatable bonds is 5. The van der Waals surface area contributed by atoms with Gasteiger partial charge in [-0.15, -0.1) is 10.2 Å². The molecule has 0 aliphatic rings. The van der Waals surface area contributed by atoms with Crippen molar-refractivity contribution in [3.63, 3.8) is 0 Å². The molecule has 0 aliphatic carbocycles. The van der Waals surface area contributed by atoms with Crippen molar-refractivity contribution >= 4 is 11.8 Å². The maximum absolute atomic E-state index is 5.06. The molecule has 0 unspecified atom stereocenters. The van der Waals surface area contributed by atoms with Gasteiger partial charge < -0.3 is 4.74 Å². The largest absolute Gasteiger partial charge is 0.374 e. The van der Waals surface area contributed by atoms with Crippen LogP contribution in [0, 0.1) is 0 Å². The molecule has 0 radical (unpaired) electrons. The monoisotopic (exact) mass is 309 g/mol. The highest BCUT2D eigenvalue weighted by molar-refractivity contribution is 7.99. The molecule has 0 fully saturated rings. The van der Waals surface area contributed by atoms with Gasteiger partial charge in [0, 0.05) is 18.2 Å². The highest BCUT2D eigenvalue weighted by Crippen LogP contribution is 2.29. The summed E-state index contributed by atoms with van der Waals surface area (Å²) in [7, 11) is 1.65. The molecule has 0 saturated carbocycles. The van der Waals surface area contributed by atoms with Gasteiger partial charge in [0.2, 0.25) is 5.16 Å². The minimum Gasteiger partial charge on any atom is -0.374 e. The second-order valence-corrected chi connectivity index (χ2v) is 5.46. The average Bonchev–Trinajstić information content (AvgIpc) is 2.61. The molecule has 1 heterocycles. The van der Waals surface area contributed by atoms with Crippen LogP contribution in [0.3, 0.4) is 0 Å². The van der Waals surface area contributed by atoms with E-state index in [1.165, 1.54) is 11.8 Å². The topological polar surface area (TPSA) is 47.9 Å². The van der Waals surface area contributed by atoms with Crippen molar-refractivity contribution in [2.24, 2.45) is 0 Å². The SMILES string of the molecule is COCSc1nnc(-c2ccccc2)c(-c2ccccc2)n1. The summed E-state index contributed by atoms with van der Waals surface area (Å²) < 4.78 is 5.06. The Bertz CT molecular complexity index is 735. The van der Waals surface area contributed by atoms with E-state index in [4.69, 9.17) is 4.74 Å². The lowest BCUT2D eigenvalue weighted by Gasteiger charge is -2.09. The number of hydrogen-bond donors (Lipinski definition) is 0. The smallest absolute Gasteiger partial charge is 0.211 e. The zero-order valence-electron chi connectivity index (χ0n) is 12.1. The van der Waals surface area contributed by atoms with E-state index in [0.29, 0.717) is 11.1 Å². The van der Waals surface area contributed by atoms with Crippen LogP contribution in [0.4, 0.5) is 0 Å². The molecule has 0 amide bonds. The molecule has 0 N–H and O–H groups in total. The lowest BCUT2D eigenvalue weighted by Crippen LogP contribution is -1.99. The predicted octanol–water partition coefficient (Wildman–Crippen LogP) is 3.90. The summed E-state index contributed by atoms with van der Waals surface area (Å²) in [5, 5.41) is 9.20. The third-order valence-corrected chi connectivity index (χ3v) is 3.85. The van der Waals surface area contributed by atoms with E-state index in [2.05, 4.69) is 15.2 Å². The summed E-state index contributed by atoms with van der Waals surface area (Å²) in [6.45, 7) is 0. The molecule has 0 spiro atoms. The van der Waals surface area contributed by atoms with Crippen LogP contribution < -0.4 is 0 Å². The molecular weight excluding hydrogens is 294 g/mol. The number of hydrogen-bond acceptors (Lipinski definition) is 5. The minimum absolute atomic E-state index is 0.501. The fourth-order valence-corrected chi connectivity index (χ4v) is 2.55. The van der Waals surface area contributed by atoms with Crippen LogP contribution in [0.5, 0.6) is 0 Å². The van der Waals surface area contributed by atoms with Gasteiger partial charge >= 0.3 is 0 Å². The van der Waals surface area contributed by atoms with Crippen LogP contribution in [0.2, 0.25) is 0 Å². The molecule has 0 bridgehead atoms. The van der Waals surface area contributed by atoms with Crippen molar-refractivity contribution in [1.82, 2.24) is 15.2 Å². The van der Waals surface area contributed by atoms with E-state index in [1.807, 2.05) is 60.7 Å². The second kappa shape index (κ2) is 7.15. The number of aromatic nitrogens is 3. The first-order valence-corrected chi connectivity index (χ1v) is 7.84. The first-order valence-electron chi connectivity index (χ1n) is 6.86. The van der Waals surface area contributed by atoms with Crippen LogP contribution in [0.25, 0.3) is 22.5 Å². The van der Waals surface area contributed by atoms with Crippen molar-refractivity contribution < 1.29 is 4.74 Å². The van der Waals surface area contributed by atoms with Crippen LogP contribution in [0.1, 0.15) is 0 Å². The Morgan fingerprint density at radius 1 is 0.818 bits per heavy atom. The molecule has 3 aromatic rings. The van der Waals surface area contributed by atoms with Crippen molar-refractivity contribution in [1.29, 1.82) is 0 Å². The maximum atomic E-state index is 5.06. The zero-order chi connectivity index (χ0) is 15.2. The van der Waals surface area contributed by atoms with Gasteiger partial charge in [-0.2, -0.15) is 0 Å².